The molecule has 1 heterocycles. The lowest BCUT2D eigenvalue weighted by Crippen LogP contribution is -2.60. The van der Waals surface area contributed by atoms with Crippen molar-refractivity contribution in [3.05, 3.63) is 10.4 Å². The lowest BCUT2D eigenvalue weighted by molar-refractivity contribution is -0.252. The summed E-state index contributed by atoms with van der Waals surface area (Å²) in [6.45, 7) is 3.18. The Morgan fingerprint density at radius 2 is 1.57 bits per heavy atom. The quantitative estimate of drug-likeness (QED) is 0.0805. The van der Waals surface area contributed by atoms with Gasteiger partial charge in [-0.25, -0.2) is 0 Å². The Morgan fingerprint density at radius 3 is 2.14 bits per heavy atom. The zero-order chi connectivity index (χ0) is 26.2. The standard InChI is InChI=1S/C20H32N4O11/c1-12(25)23-19-15(10-18(29)30)14(9-17(27)28)16(11-34-13(2)26)35-20(19)33-8-7-32-6-5-31-4-3-22-24-21/h14-16,19-20H,3-11H2,1-2H3,(H,23,25)(H,27,28)(H,29,30). The summed E-state index contributed by atoms with van der Waals surface area (Å²) in [7, 11) is 0. The average molecular weight is 504 g/mol. The largest absolute Gasteiger partial charge is 0.481 e. The fourth-order valence-corrected chi connectivity index (χ4v) is 3.68. The number of esters is 1. The van der Waals surface area contributed by atoms with Gasteiger partial charge < -0.3 is 39.2 Å². The Morgan fingerprint density at radius 1 is 0.971 bits per heavy atom. The Kier molecular flexibility index (Phi) is 14.3. The van der Waals surface area contributed by atoms with E-state index in [1.807, 2.05) is 0 Å². The Hall–Kier alpha value is -2.97. The second-order valence-corrected chi connectivity index (χ2v) is 7.65. The van der Waals surface area contributed by atoms with Gasteiger partial charge in [0, 0.05) is 37.1 Å². The molecule has 0 aromatic carbocycles. The van der Waals surface area contributed by atoms with E-state index in [1.165, 1.54) is 13.8 Å². The van der Waals surface area contributed by atoms with Crippen LogP contribution in [0.2, 0.25) is 0 Å². The highest BCUT2D eigenvalue weighted by Crippen LogP contribution is 2.36. The van der Waals surface area contributed by atoms with Gasteiger partial charge in [-0.15, -0.1) is 0 Å². The van der Waals surface area contributed by atoms with Crippen LogP contribution in [-0.4, -0.2) is 98.7 Å². The van der Waals surface area contributed by atoms with Crippen LogP contribution in [0.15, 0.2) is 5.11 Å². The van der Waals surface area contributed by atoms with Gasteiger partial charge in [0.15, 0.2) is 6.29 Å². The van der Waals surface area contributed by atoms with E-state index in [0.717, 1.165) is 0 Å². The van der Waals surface area contributed by atoms with Crippen molar-refractivity contribution < 1.29 is 53.1 Å². The molecule has 0 bridgehead atoms. The van der Waals surface area contributed by atoms with Crippen LogP contribution in [0.1, 0.15) is 26.7 Å². The Balaban J connectivity index is 2.85. The van der Waals surface area contributed by atoms with Crippen molar-refractivity contribution in [3.63, 3.8) is 0 Å². The number of hydrogen-bond donors (Lipinski definition) is 3. The molecule has 198 valence electrons. The van der Waals surface area contributed by atoms with Crippen LogP contribution in [0.25, 0.3) is 10.4 Å². The molecular weight excluding hydrogens is 472 g/mol. The predicted octanol–water partition coefficient (Wildman–Crippen LogP) is 0.321. The number of amides is 1. The van der Waals surface area contributed by atoms with Crippen LogP contribution in [0, 0.1) is 11.8 Å². The maximum atomic E-state index is 11.8. The van der Waals surface area contributed by atoms with Gasteiger partial charge in [-0.1, -0.05) is 5.11 Å². The molecule has 1 saturated heterocycles. The molecule has 0 radical (unpaired) electrons. The molecule has 1 amide bonds. The van der Waals surface area contributed by atoms with E-state index in [-0.39, 0.29) is 46.2 Å². The molecule has 15 nitrogen and oxygen atoms in total. The molecular formula is C20H32N4O11. The third kappa shape index (κ3) is 12.3. The molecule has 35 heavy (non-hydrogen) atoms. The highest BCUT2D eigenvalue weighted by atomic mass is 16.7. The Bertz CT molecular complexity index is 759. The summed E-state index contributed by atoms with van der Waals surface area (Å²) in [5, 5.41) is 24.8. The molecule has 0 saturated carbocycles. The lowest BCUT2D eigenvalue weighted by atomic mass is 9.75. The zero-order valence-corrected chi connectivity index (χ0v) is 19.7. The smallest absolute Gasteiger partial charge is 0.303 e. The summed E-state index contributed by atoms with van der Waals surface area (Å²) in [5.74, 6) is -5.25. The summed E-state index contributed by atoms with van der Waals surface area (Å²) < 4.78 is 27.2. The number of azide groups is 1. The molecule has 0 aliphatic carbocycles. The van der Waals surface area contributed by atoms with Crippen LogP contribution in [0.3, 0.4) is 0 Å². The van der Waals surface area contributed by atoms with Crippen molar-refractivity contribution in [2.45, 2.75) is 45.1 Å². The van der Waals surface area contributed by atoms with E-state index in [0.29, 0.717) is 0 Å². The predicted molar refractivity (Wildman–Crippen MR) is 116 cm³/mol. The number of carbonyl (C=O) groups is 4. The van der Waals surface area contributed by atoms with Crippen LogP contribution >= 0.6 is 0 Å². The maximum absolute atomic E-state index is 11.8. The minimum atomic E-state index is -1.20. The van der Waals surface area contributed by atoms with Crippen molar-refractivity contribution in [3.8, 4) is 0 Å². The summed E-state index contributed by atoms with van der Waals surface area (Å²) in [5.41, 5.74) is 8.18. The molecule has 0 aromatic heterocycles. The van der Waals surface area contributed by atoms with Gasteiger partial charge in [-0.2, -0.15) is 0 Å². The van der Waals surface area contributed by atoms with Gasteiger partial charge in [0.2, 0.25) is 5.91 Å². The van der Waals surface area contributed by atoms with Crippen LogP contribution in [0.5, 0.6) is 0 Å². The van der Waals surface area contributed by atoms with Crippen molar-refractivity contribution in [2.24, 2.45) is 17.0 Å². The first-order chi connectivity index (χ1) is 16.6. The van der Waals surface area contributed by atoms with Gasteiger partial charge in [0.1, 0.15) is 6.61 Å². The molecule has 5 atom stereocenters. The third-order valence-corrected chi connectivity index (χ3v) is 5.01. The SMILES string of the molecule is CC(=O)NC1C(OCCOCCOCCN=[N+]=[N-])OC(COC(C)=O)C(CC(=O)O)C1CC(=O)O. The molecule has 1 fully saturated rings. The summed E-state index contributed by atoms with van der Waals surface area (Å²) in [4.78, 5) is 48.8. The first-order valence-electron chi connectivity index (χ1n) is 10.9. The number of carboxylic acids is 2. The number of nitrogens with zero attached hydrogens (tertiary/aromatic N) is 3. The van der Waals surface area contributed by atoms with E-state index in [1.54, 1.807) is 0 Å². The fraction of sp³-hybridized carbons (Fsp3) is 0.800. The summed E-state index contributed by atoms with van der Waals surface area (Å²) in [6, 6.07) is -0.967. The number of carboxylic acid groups (broad SMARTS) is 2. The van der Waals surface area contributed by atoms with E-state index in [2.05, 4.69) is 15.3 Å². The fourth-order valence-electron chi connectivity index (χ4n) is 3.68. The van der Waals surface area contributed by atoms with Gasteiger partial charge >= 0.3 is 17.9 Å². The summed E-state index contributed by atoms with van der Waals surface area (Å²) in [6.07, 6.45) is -3.04. The normalized spacial score (nSPS) is 23.7. The second-order valence-electron chi connectivity index (χ2n) is 7.65. The molecule has 1 rings (SSSR count). The van der Waals surface area contributed by atoms with Gasteiger partial charge in [-0.3, -0.25) is 19.2 Å². The number of aliphatic carboxylic acids is 2. The molecule has 15 heteroatoms. The Labute approximate surface area is 201 Å². The van der Waals surface area contributed by atoms with Crippen LogP contribution in [-0.2, 0) is 42.9 Å². The molecule has 0 aromatic rings. The van der Waals surface area contributed by atoms with Crippen molar-refractivity contribution in [1.82, 2.24) is 5.32 Å². The van der Waals surface area contributed by atoms with E-state index in [4.69, 9.17) is 29.2 Å². The lowest BCUT2D eigenvalue weighted by Gasteiger charge is -2.46. The van der Waals surface area contributed by atoms with E-state index < -0.39 is 66.9 Å². The van der Waals surface area contributed by atoms with Crippen molar-refractivity contribution in [2.75, 3.05) is 46.2 Å². The number of ether oxygens (including phenoxy) is 5. The third-order valence-electron chi connectivity index (χ3n) is 5.01. The van der Waals surface area contributed by atoms with Crippen molar-refractivity contribution >= 4 is 23.8 Å². The average Bonchev–Trinajstić information content (AvgIpc) is 2.76. The number of carbonyl (C=O) groups excluding carboxylic acids is 2. The molecule has 1 aliphatic rings. The summed E-state index contributed by atoms with van der Waals surface area (Å²) >= 11 is 0. The first kappa shape index (κ1) is 30.1. The number of nitrogens with one attached hydrogen (secondary N) is 1. The van der Waals surface area contributed by atoms with Crippen LogP contribution in [0.4, 0.5) is 0 Å². The van der Waals surface area contributed by atoms with Gasteiger partial charge in [0.25, 0.3) is 0 Å². The maximum Gasteiger partial charge on any atom is 0.303 e. The van der Waals surface area contributed by atoms with E-state index >= 15 is 0 Å². The zero-order valence-electron chi connectivity index (χ0n) is 19.7. The topological polar surface area (TPSA) is 216 Å². The van der Waals surface area contributed by atoms with Gasteiger partial charge in [-0.05, 0) is 5.53 Å². The molecule has 5 unspecified atom stereocenters. The number of hydrogen-bond acceptors (Lipinski definition) is 10. The van der Waals surface area contributed by atoms with E-state index in [9.17, 15) is 29.4 Å². The minimum absolute atomic E-state index is 0.00313. The van der Waals surface area contributed by atoms with Crippen molar-refractivity contribution in [1.29, 1.82) is 0 Å². The monoisotopic (exact) mass is 504 g/mol. The molecule has 3 N–H and O–H groups in total. The molecule has 1 aliphatic heterocycles. The van der Waals surface area contributed by atoms with Crippen LogP contribution < -0.4 is 5.32 Å². The number of rotatable bonds is 17. The minimum Gasteiger partial charge on any atom is -0.481 e. The highest BCUT2D eigenvalue weighted by Gasteiger charge is 2.48. The molecule has 0 spiro atoms. The van der Waals surface area contributed by atoms with Gasteiger partial charge in [0.05, 0.1) is 58.0 Å². The second kappa shape index (κ2) is 16.6. The first-order valence-corrected chi connectivity index (χ1v) is 10.9. The highest BCUT2D eigenvalue weighted by molar-refractivity contribution is 5.74.